The smallest absolute Gasteiger partial charge is 0.339 e. The van der Waals surface area contributed by atoms with Crippen molar-refractivity contribution >= 4 is 50.6 Å². The number of esters is 1. The number of benzene rings is 1. The second-order valence-corrected chi connectivity index (χ2v) is 5.38. The number of ether oxygens (including phenoxy) is 1. The van der Waals surface area contributed by atoms with Gasteiger partial charge in [-0.15, -0.1) is 11.3 Å². The third-order valence-corrected chi connectivity index (χ3v) is 3.86. The van der Waals surface area contributed by atoms with Crippen molar-refractivity contribution < 1.29 is 9.53 Å². The molecule has 0 saturated heterocycles. The van der Waals surface area contributed by atoms with E-state index in [2.05, 4.69) is 15.3 Å². The summed E-state index contributed by atoms with van der Waals surface area (Å²) in [7, 11) is 1.34. The number of hydrogen-bond donors (Lipinski definition) is 1. The molecule has 1 aromatic carbocycles. The topological polar surface area (TPSA) is 64.1 Å². The Morgan fingerprint density at radius 1 is 1.29 bits per heavy atom. The van der Waals surface area contributed by atoms with E-state index in [0.29, 0.717) is 17.1 Å². The molecular weight excluding hydrogens is 310 g/mol. The molecule has 0 aliphatic rings. The number of methoxy groups -OCH3 is 1. The van der Waals surface area contributed by atoms with Crippen molar-refractivity contribution in [3.63, 3.8) is 0 Å². The number of aromatic nitrogens is 2. The molecule has 0 saturated carbocycles. The molecule has 7 heteroatoms. The van der Waals surface area contributed by atoms with E-state index in [-0.39, 0.29) is 5.28 Å². The van der Waals surface area contributed by atoms with Crippen LogP contribution in [0, 0.1) is 0 Å². The Bertz CT molecular complexity index is 819. The van der Waals surface area contributed by atoms with E-state index < -0.39 is 5.97 Å². The average Bonchev–Trinajstić information content (AvgIpc) is 2.95. The fourth-order valence-electron chi connectivity index (χ4n) is 1.93. The summed E-state index contributed by atoms with van der Waals surface area (Å²) in [6.07, 6.45) is 0. The first kappa shape index (κ1) is 13.8. The number of halogens is 1. The molecule has 3 aromatic rings. The second-order valence-electron chi connectivity index (χ2n) is 4.14. The highest BCUT2D eigenvalue weighted by atomic mass is 35.5. The zero-order valence-electron chi connectivity index (χ0n) is 11.0. The van der Waals surface area contributed by atoms with E-state index >= 15 is 0 Å². The van der Waals surface area contributed by atoms with Gasteiger partial charge in [0.1, 0.15) is 10.6 Å². The molecule has 0 atom stereocenters. The first-order chi connectivity index (χ1) is 10.2. The maximum atomic E-state index is 11.8. The highest BCUT2D eigenvalue weighted by Gasteiger charge is 2.14. The molecule has 21 heavy (non-hydrogen) atoms. The van der Waals surface area contributed by atoms with Gasteiger partial charge in [-0.1, -0.05) is 12.1 Å². The lowest BCUT2D eigenvalue weighted by Crippen LogP contribution is -2.06. The molecule has 0 fully saturated rings. The third kappa shape index (κ3) is 2.68. The van der Waals surface area contributed by atoms with Crippen LogP contribution < -0.4 is 5.32 Å². The van der Waals surface area contributed by atoms with E-state index in [1.807, 2.05) is 17.5 Å². The van der Waals surface area contributed by atoms with Crippen molar-refractivity contribution in [3.05, 3.63) is 46.6 Å². The second kappa shape index (κ2) is 5.67. The van der Waals surface area contributed by atoms with Gasteiger partial charge in [-0.05, 0) is 35.2 Å². The van der Waals surface area contributed by atoms with Crippen LogP contribution in [0.15, 0.2) is 35.7 Å². The Morgan fingerprint density at radius 2 is 2.10 bits per heavy atom. The van der Waals surface area contributed by atoms with Gasteiger partial charge in [0.2, 0.25) is 5.28 Å². The first-order valence-corrected chi connectivity index (χ1v) is 7.30. The van der Waals surface area contributed by atoms with Crippen molar-refractivity contribution in [1.29, 1.82) is 0 Å². The van der Waals surface area contributed by atoms with Crippen LogP contribution in [-0.4, -0.2) is 23.0 Å². The van der Waals surface area contributed by atoms with Gasteiger partial charge in [0.25, 0.3) is 0 Å². The number of carbonyl (C=O) groups excluding carboxylic acids is 1. The standard InChI is InChI=1S/C14H10ClN3O2S/c1-20-13(19)8-4-2-3-5-10(8)16-11-9-6-7-21-12(9)18-14(15)17-11/h2-7H,1H3,(H,16,17,18). The van der Waals surface area contributed by atoms with Crippen LogP contribution in [0.4, 0.5) is 11.5 Å². The quantitative estimate of drug-likeness (QED) is 0.586. The number of rotatable bonds is 3. The van der Waals surface area contributed by atoms with Crippen molar-refractivity contribution in [2.45, 2.75) is 0 Å². The summed E-state index contributed by atoms with van der Waals surface area (Å²) in [4.78, 5) is 20.9. The van der Waals surface area contributed by atoms with Crippen LogP contribution in [0.1, 0.15) is 10.4 Å². The molecule has 0 bridgehead atoms. The lowest BCUT2D eigenvalue weighted by Gasteiger charge is -2.10. The summed E-state index contributed by atoms with van der Waals surface area (Å²) in [6, 6.07) is 8.95. The molecule has 0 aliphatic heterocycles. The SMILES string of the molecule is COC(=O)c1ccccc1Nc1nc(Cl)nc2sccc12. The minimum absolute atomic E-state index is 0.156. The van der Waals surface area contributed by atoms with Crippen molar-refractivity contribution in [3.8, 4) is 0 Å². The number of hydrogen-bond acceptors (Lipinski definition) is 6. The monoisotopic (exact) mass is 319 g/mol. The van der Waals surface area contributed by atoms with Gasteiger partial charge >= 0.3 is 5.97 Å². The summed E-state index contributed by atoms with van der Waals surface area (Å²) < 4.78 is 4.78. The van der Waals surface area contributed by atoms with Gasteiger partial charge in [0.05, 0.1) is 23.7 Å². The van der Waals surface area contributed by atoms with E-state index in [0.717, 1.165) is 10.2 Å². The molecule has 5 nitrogen and oxygen atoms in total. The number of nitrogens with one attached hydrogen (secondary N) is 1. The highest BCUT2D eigenvalue weighted by molar-refractivity contribution is 7.16. The summed E-state index contributed by atoms with van der Waals surface area (Å²) in [5, 5.41) is 6.04. The Labute approximate surface area is 129 Å². The van der Waals surface area contributed by atoms with Crippen LogP contribution in [-0.2, 0) is 4.74 Å². The number of carbonyl (C=O) groups is 1. The maximum Gasteiger partial charge on any atom is 0.339 e. The van der Waals surface area contributed by atoms with Gasteiger partial charge in [-0.2, -0.15) is 4.98 Å². The fraction of sp³-hybridized carbons (Fsp3) is 0.0714. The van der Waals surface area contributed by atoms with E-state index in [9.17, 15) is 4.79 Å². The van der Waals surface area contributed by atoms with Crippen LogP contribution >= 0.6 is 22.9 Å². The van der Waals surface area contributed by atoms with Gasteiger partial charge in [-0.3, -0.25) is 0 Å². The Balaban J connectivity index is 2.07. The number of thiophene rings is 1. The predicted octanol–water partition coefficient (Wildman–Crippen LogP) is 3.87. The number of nitrogens with zero attached hydrogens (tertiary/aromatic N) is 2. The third-order valence-electron chi connectivity index (χ3n) is 2.88. The number of anilines is 2. The largest absolute Gasteiger partial charge is 0.465 e. The lowest BCUT2D eigenvalue weighted by molar-refractivity contribution is 0.0602. The molecular formula is C14H10ClN3O2S. The number of fused-ring (bicyclic) bond motifs is 1. The summed E-state index contributed by atoms with van der Waals surface area (Å²) >= 11 is 7.40. The first-order valence-electron chi connectivity index (χ1n) is 6.04. The molecule has 2 aromatic heterocycles. The normalized spacial score (nSPS) is 10.6. The van der Waals surface area contributed by atoms with Gasteiger partial charge in [0.15, 0.2) is 0 Å². The maximum absolute atomic E-state index is 11.8. The van der Waals surface area contributed by atoms with E-state index in [4.69, 9.17) is 16.3 Å². The van der Waals surface area contributed by atoms with Crippen molar-refractivity contribution in [2.75, 3.05) is 12.4 Å². The zero-order valence-corrected chi connectivity index (χ0v) is 12.5. The molecule has 0 radical (unpaired) electrons. The molecule has 106 valence electrons. The molecule has 3 rings (SSSR count). The molecule has 0 unspecified atom stereocenters. The highest BCUT2D eigenvalue weighted by Crippen LogP contribution is 2.29. The molecule has 0 aliphatic carbocycles. The Morgan fingerprint density at radius 3 is 2.90 bits per heavy atom. The summed E-state index contributed by atoms with van der Waals surface area (Å²) in [5.74, 6) is 0.141. The van der Waals surface area contributed by atoms with Gasteiger partial charge in [0, 0.05) is 0 Å². The molecule has 0 amide bonds. The predicted molar refractivity (Wildman–Crippen MR) is 83.5 cm³/mol. The minimum atomic E-state index is -0.417. The van der Waals surface area contributed by atoms with Crippen molar-refractivity contribution in [2.24, 2.45) is 0 Å². The van der Waals surface area contributed by atoms with Gasteiger partial charge in [-0.25, -0.2) is 9.78 Å². The summed E-state index contributed by atoms with van der Waals surface area (Å²) in [5.41, 5.74) is 1.03. The van der Waals surface area contributed by atoms with Crippen LogP contribution in [0.2, 0.25) is 5.28 Å². The Kier molecular flexibility index (Phi) is 3.72. The minimum Gasteiger partial charge on any atom is -0.465 e. The Hall–Kier alpha value is -2.18. The van der Waals surface area contributed by atoms with E-state index in [1.54, 1.807) is 18.2 Å². The van der Waals surface area contributed by atoms with E-state index in [1.165, 1.54) is 18.4 Å². The average molecular weight is 320 g/mol. The van der Waals surface area contributed by atoms with Crippen LogP contribution in [0.3, 0.4) is 0 Å². The van der Waals surface area contributed by atoms with Gasteiger partial charge < -0.3 is 10.1 Å². The van der Waals surface area contributed by atoms with Crippen LogP contribution in [0.25, 0.3) is 10.2 Å². The van der Waals surface area contributed by atoms with Crippen molar-refractivity contribution in [1.82, 2.24) is 9.97 Å². The molecule has 1 N–H and O–H groups in total. The molecule has 2 heterocycles. The lowest BCUT2D eigenvalue weighted by atomic mass is 10.2. The summed E-state index contributed by atoms with van der Waals surface area (Å²) in [6.45, 7) is 0. The van der Waals surface area contributed by atoms with Crippen LogP contribution in [0.5, 0.6) is 0 Å². The number of para-hydroxylation sites is 1. The fourth-order valence-corrected chi connectivity index (χ4v) is 2.92. The molecule has 0 spiro atoms. The zero-order chi connectivity index (χ0) is 14.8.